The van der Waals surface area contributed by atoms with Crippen molar-refractivity contribution in [3.63, 3.8) is 0 Å². The molecule has 1 heterocycles. The van der Waals surface area contributed by atoms with E-state index in [-0.39, 0.29) is 30.0 Å². The maximum absolute atomic E-state index is 11.7. The highest BCUT2D eigenvalue weighted by Gasteiger charge is 2.31. The molecule has 0 aromatic heterocycles. The van der Waals surface area contributed by atoms with Gasteiger partial charge in [-0.15, -0.1) is 0 Å². The monoisotopic (exact) mass is 410 g/mol. The molecule has 3 N–H and O–H groups in total. The molecular formula is C24H30N2O4. The lowest BCUT2D eigenvalue weighted by molar-refractivity contribution is -0.118. The number of ether oxygens (including phenoxy) is 1. The smallest absolute Gasteiger partial charge is 0.262 e. The van der Waals surface area contributed by atoms with Gasteiger partial charge in [0, 0.05) is 24.2 Å². The Morgan fingerprint density at radius 1 is 1.13 bits per heavy atom. The Balaban J connectivity index is 1.61. The van der Waals surface area contributed by atoms with E-state index in [4.69, 9.17) is 4.74 Å². The van der Waals surface area contributed by atoms with Gasteiger partial charge in [0.1, 0.15) is 11.4 Å². The summed E-state index contributed by atoms with van der Waals surface area (Å²) in [6, 6.07) is 14.1. The van der Waals surface area contributed by atoms with Gasteiger partial charge in [0.2, 0.25) is 0 Å². The SMILES string of the molecule is CC(c1ccccc1)N(CC(O)c1ccc(O)c2c1OCC(=O)N2)C1CCCCC1. The van der Waals surface area contributed by atoms with Crippen molar-refractivity contribution in [3.8, 4) is 11.5 Å². The number of anilines is 1. The van der Waals surface area contributed by atoms with Crippen LogP contribution in [0, 0.1) is 0 Å². The molecule has 0 bridgehead atoms. The number of nitrogens with one attached hydrogen (secondary N) is 1. The number of aliphatic hydroxyl groups is 1. The zero-order valence-electron chi connectivity index (χ0n) is 17.4. The van der Waals surface area contributed by atoms with Crippen LogP contribution in [0.5, 0.6) is 11.5 Å². The molecule has 2 aliphatic rings. The summed E-state index contributed by atoms with van der Waals surface area (Å²) in [6.45, 7) is 2.53. The third-order valence-corrected chi connectivity index (χ3v) is 6.34. The van der Waals surface area contributed by atoms with E-state index in [9.17, 15) is 15.0 Å². The minimum absolute atomic E-state index is 0.0595. The normalized spacial score (nSPS) is 19.0. The number of phenols is 1. The highest BCUT2D eigenvalue weighted by Crippen LogP contribution is 2.42. The van der Waals surface area contributed by atoms with Crippen molar-refractivity contribution in [2.45, 2.75) is 57.2 Å². The Kier molecular flexibility index (Phi) is 6.25. The summed E-state index contributed by atoms with van der Waals surface area (Å²) in [5, 5.41) is 24.0. The van der Waals surface area contributed by atoms with E-state index in [1.807, 2.05) is 18.2 Å². The Morgan fingerprint density at radius 2 is 1.87 bits per heavy atom. The highest BCUT2D eigenvalue weighted by molar-refractivity contribution is 5.97. The van der Waals surface area contributed by atoms with E-state index in [1.165, 1.54) is 30.9 Å². The molecule has 6 nitrogen and oxygen atoms in total. The van der Waals surface area contributed by atoms with Crippen molar-refractivity contribution >= 4 is 11.6 Å². The standard InChI is InChI=1S/C24H30N2O4/c1-16(17-8-4-2-5-9-17)26(18-10-6-3-7-11-18)14-21(28)19-12-13-20(27)23-24(19)30-15-22(29)25-23/h2,4-5,8-9,12-13,16,18,21,27-28H,3,6-7,10-11,14-15H2,1H3,(H,25,29). The first-order valence-electron chi connectivity index (χ1n) is 10.8. The second-order valence-electron chi connectivity index (χ2n) is 8.31. The lowest BCUT2D eigenvalue weighted by Gasteiger charge is -2.40. The maximum Gasteiger partial charge on any atom is 0.262 e. The second-order valence-corrected chi connectivity index (χ2v) is 8.31. The lowest BCUT2D eigenvalue weighted by atomic mass is 9.91. The van der Waals surface area contributed by atoms with Crippen LogP contribution in [0.2, 0.25) is 0 Å². The number of fused-ring (bicyclic) bond motifs is 1. The van der Waals surface area contributed by atoms with Gasteiger partial charge >= 0.3 is 0 Å². The van der Waals surface area contributed by atoms with Gasteiger partial charge in [-0.1, -0.05) is 49.6 Å². The molecule has 0 spiro atoms. The Hall–Kier alpha value is -2.57. The minimum Gasteiger partial charge on any atom is -0.506 e. The average Bonchev–Trinajstić information content (AvgIpc) is 2.78. The van der Waals surface area contributed by atoms with Crippen LogP contribution in [0.3, 0.4) is 0 Å². The number of benzene rings is 2. The minimum atomic E-state index is -0.803. The number of amides is 1. The van der Waals surface area contributed by atoms with Gasteiger partial charge < -0.3 is 20.3 Å². The molecule has 4 rings (SSSR count). The van der Waals surface area contributed by atoms with Crippen LogP contribution in [0.4, 0.5) is 5.69 Å². The first kappa shape index (κ1) is 20.7. The van der Waals surface area contributed by atoms with E-state index in [0.717, 1.165) is 12.8 Å². The summed E-state index contributed by atoms with van der Waals surface area (Å²) in [5.41, 5.74) is 2.05. The van der Waals surface area contributed by atoms with Crippen molar-refractivity contribution in [1.82, 2.24) is 4.90 Å². The van der Waals surface area contributed by atoms with Gasteiger partial charge in [-0.3, -0.25) is 9.69 Å². The van der Waals surface area contributed by atoms with E-state index < -0.39 is 6.10 Å². The molecule has 2 unspecified atom stereocenters. The predicted molar refractivity (Wildman–Crippen MR) is 116 cm³/mol. The highest BCUT2D eigenvalue weighted by atomic mass is 16.5. The van der Waals surface area contributed by atoms with Crippen LogP contribution in [0.15, 0.2) is 42.5 Å². The Morgan fingerprint density at radius 3 is 2.60 bits per heavy atom. The van der Waals surface area contributed by atoms with Gasteiger partial charge in [-0.2, -0.15) is 0 Å². The molecule has 0 saturated heterocycles. The number of hydrogen-bond acceptors (Lipinski definition) is 5. The van der Waals surface area contributed by atoms with Gasteiger partial charge in [0.25, 0.3) is 5.91 Å². The fourth-order valence-electron chi connectivity index (χ4n) is 4.70. The van der Waals surface area contributed by atoms with E-state index >= 15 is 0 Å². The summed E-state index contributed by atoms with van der Waals surface area (Å²) in [6.07, 6.45) is 5.15. The molecule has 2 atom stereocenters. The molecule has 2 aromatic rings. The van der Waals surface area contributed by atoms with Crippen LogP contribution >= 0.6 is 0 Å². The average molecular weight is 411 g/mol. The van der Waals surface area contributed by atoms with Gasteiger partial charge in [-0.25, -0.2) is 0 Å². The third kappa shape index (κ3) is 4.30. The topological polar surface area (TPSA) is 82.0 Å². The number of aromatic hydroxyl groups is 1. The number of rotatable bonds is 6. The molecule has 30 heavy (non-hydrogen) atoms. The van der Waals surface area contributed by atoms with Crippen molar-refractivity contribution in [1.29, 1.82) is 0 Å². The van der Waals surface area contributed by atoms with Crippen LogP contribution < -0.4 is 10.1 Å². The van der Waals surface area contributed by atoms with E-state index in [1.54, 1.807) is 6.07 Å². The molecule has 0 radical (unpaired) electrons. The fourth-order valence-corrected chi connectivity index (χ4v) is 4.70. The largest absolute Gasteiger partial charge is 0.506 e. The number of nitrogens with zero attached hydrogens (tertiary/aromatic N) is 1. The number of carbonyl (C=O) groups is 1. The van der Waals surface area contributed by atoms with E-state index in [2.05, 4.69) is 29.3 Å². The van der Waals surface area contributed by atoms with Crippen LogP contribution in [0.1, 0.15) is 62.3 Å². The zero-order valence-corrected chi connectivity index (χ0v) is 17.4. The van der Waals surface area contributed by atoms with Crippen molar-refractivity contribution in [3.05, 3.63) is 53.6 Å². The van der Waals surface area contributed by atoms with Crippen LogP contribution in [-0.4, -0.2) is 40.2 Å². The number of hydrogen-bond donors (Lipinski definition) is 3. The van der Waals surface area contributed by atoms with Gasteiger partial charge in [0.05, 0.1) is 6.10 Å². The molecule has 2 aromatic carbocycles. The van der Waals surface area contributed by atoms with Gasteiger partial charge in [0.15, 0.2) is 12.4 Å². The fraction of sp³-hybridized carbons (Fsp3) is 0.458. The Labute approximate surface area is 177 Å². The Bertz CT molecular complexity index is 880. The summed E-state index contributed by atoms with van der Waals surface area (Å²) < 4.78 is 5.59. The van der Waals surface area contributed by atoms with Gasteiger partial charge in [-0.05, 0) is 37.5 Å². The van der Waals surface area contributed by atoms with Crippen LogP contribution in [-0.2, 0) is 4.79 Å². The number of aliphatic hydroxyl groups excluding tert-OH is 1. The second kappa shape index (κ2) is 9.06. The summed E-state index contributed by atoms with van der Waals surface area (Å²) >= 11 is 0. The summed E-state index contributed by atoms with van der Waals surface area (Å²) in [4.78, 5) is 14.1. The first-order valence-corrected chi connectivity index (χ1v) is 10.8. The van der Waals surface area contributed by atoms with Crippen molar-refractivity contribution < 1.29 is 19.7 Å². The molecule has 6 heteroatoms. The molecule has 1 aliphatic carbocycles. The maximum atomic E-state index is 11.7. The zero-order chi connectivity index (χ0) is 21.1. The predicted octanol–water partition coefficient (Wildman–Crippen LogP) is 4.15. The van der Waals surface area contributed by atoms with E-state index in [0.29, 0.717) is 23.9 Å². The summed E-state index contributed by atoms with van der Waals surface area (Å²) in [7, 11) is 0. The molecule has 1 fully saturated rings. The molecule has 160 valence electrons. The third-order valence-electron chi connectivity index (χ3n) is 6.34. The quantitative estimate of drug-likeness (QED) is 0.623. The molecule has 1 aliphatic heterocycles. The molecule has 1 saturated carbocycles. The first-order chi connectivity index (χ1) is 14.5. The molecule has 1 amide bonds. The van der Waals surface area contributed by atoms with Crippen molar-refractivity contribution in [2.24, 2.45) is 0 Å². The lowest BCUT2D eigenvalue weighted by Crippen LogP contribution is -2.41. The van der Waals surface area contributed by atoms with Crippen molar-refractivity contribution in [2.75, 3.05) is 18.5 Å². The number of carbonyl (C=O) groups excluding carboxylic acids is 1. The summed E-state index contributed by atoms with van der Waals surface area (Å²) in [5.74, 6) is -0.0141. The van der Waals surface area contributed by atoms with Crippen LogP contribution in [0.25, 0.3) is 0 Å². The molecular weight excluding hydrogens is 380 g/mol. The number of phenolic OH excluding ortho intramolecular Hbond substituents is 1.